The Morgan fingerprint density at radius 3 is 2.78 bits per heavy atom. The molecule has 0 amide bonds. The predicted octanol–water partition coefficient (Wildman–Crippen LogP) is 2.35. The second-order valence-corrected chi connectivity index (χ2v) is 4.89. The van der Waals surface area contributed by atoms with Gasteiger partial charge in [-0.1, -0.05) is 11.6 Å². The highest BCUT2D eigenvalue weighted by Crippen LogP contribution is 2.44. The standard InChI is InChI=1S/C13H14ClNO3/c14-10-6-8(11-2-1-3-15-11)12-13(9(10)7-16)18-5-4-17-12/h6-7,11,15H,1-5H2. The van der Waals surface area contributed by atoms with Gasteiger partial charge in [0.05, 0.1) is 10.6 Å². The summed E-state index contributed by atoms with van der Waals surface area (Å²) in [6, 6.07) is 2.06. The number of aldehydes is 1. The first-order valence-electron chi connectivity index (χ1n) is 6.12. The Kier molecular flexibility index (Phi) is 3.14. The normalized spacial score (nSPS) is 21.9. The maximum Gasteiger partial charge on any atom is 0.173 e. The highest BCUT2D eigenvalue weighted by atomic mass is 35.5. The van der Waals surface area contributed by atoms with E-state index in [1.54, 1.807) is 0 Å². The van der Waals surface area contributed by atoms with Crippen molar-refractivity contribution in [2.45, 2.75) is 18.9 Å². The van der Waals surface area contributed by atoms with Gasteiger partial charge in [0.2, 0.25) is 0 Å². The van der Waals surface area contributed by atoms with Crippen molar-refractivity contribution in [1.29, 1.82) is 0 Å². The van der Waals surface area contributed by atoms with Gasteiger partial charge in [0.25, 0.3) is 0 Å². The monoisotopic (exact) mass is 267 g/mol. The van der Waals surface area contributed by atoms with Gasteiger partial charge in [0.1, 0.15) is 13.2 Å². The van der Waals surface area contributed by atoms with Gasteiger partial charge in [-0.25, -0.2) is 0 Å². The summed E-state index contributed by atoms with van der Waals surface area (Å²) >= 11 is 6.15. The zero-order chi connectivity index (χ0) is 12.5. The molecule has 5 heteroatoms. The van der Waals surface area contributed by atoms with E-state index in [2.05, 4.69) is 5.32 Å². The van der Waals surface area contributed by atoms with Gasteiger partial charge in [-0.05, 0) is 25.5 Å². The van der Waals surface area contributed by atoms with Crippen molar-refractivity contribution in [3.05, 3.63) is 22.2 Å². The molecule has 4 nitrogen and oxygen atoms in total. The number of rotatable bonds is 2. The molecular weight excluding hydrogens is 254 g/mol. The fourth-order valence-corrected chi connectivity index (χ4v) is 2.79. The molecule has 1 N–H and O–H groups in total. The van der Waals surface area contributed by atoms with Crippen LogP contribution in [0.2, 0.25) is 5.02 Å². The van der Waals surface area contributed by atoms with Gasteiger partial charge in [0.15, 0.2) is 17.8 Å². The van der Waals surface area contributed by atoms with Crippen LogP contribution in [0.4, 0.5) is 0 Å². The van der Waals surface area contributed by atoms with Crippen LogP contribution in [0.3, 0.4) is 0 Å². The van der Waals surface area contributed by atoms with Crippen LogP contribution in [0.25, 0.3) is 0 Å². The molecule has 0 aliphatic carbocycles. The summed E-state index contributed by atoms with van der Waals surface area (Å²) in [5.41, 5.74) is 1.38. The quantitative estimate of drug-likeness (QED) is 0.836. The van der Waals surface area contributed by atoms with Crippen molar-refractivity contribution in [1.82, 2.24) is 5.32 Å². The lowest BCUT2D eigenvalue weighted by Crippen LogP contribution is -2.21. The van der Waals surface area contributed by atoms with Crippen LogP contribution in [-0.4, -0.2) is 26.0 Å². The zero-order valence-corrected chi connectivity index (χ0v) is 10.6. The van der Waals surface area contributed by atoms with E-state index in [1.165, 1.54) is 0 Å². The Morgan fingerprint density at radius 2 is 2.11 bits per heavy atom. The lowest BCUT2D eigenvalue weighted by Gasteiger charge is -2.25. The number of halogens is 1. The molecule has 0 radical (unpaired) electrons. The molecule has 1 saturated heterocycles. The highest BCUT2D eigenvalue weighted by molar-refractivity contribution is 6.33. The Balaban J connectivity index is 2.13. The molecule has 0 bridgehead atoms. The Labute approximate surface area is 110 Å². The van der Waals surface area contributed by atoms with E-state index in [4.69, 9.17) is 21.1 Å². The van der Waals surface area contributed by atoms with Crippen molar-refractivity contribution in [2.24, 2.45) is 0 Å². The van der Waals surface area contributed by atoms with Crippen molar-refractivity contribution < 1.29 is 14.3 Å². The first kappa shape index (κ1) is 11.8. The van der Waals surface area contributed by atoms with Crippen LogP contribution in [0, 0.1) is 0 Å². The molecular formula is C13H14ClNO3. The Morgan fingerprint density at radius 1 is 1.33 bits per heavy atom. The average molecular weight is 268 g/mol. The molecule has 1 unspecified atom stereocenters. The molecule has 18 heavy (non-hydrogen) atoms. The zero-order valence-electron chi connectivity index (χ0n) is 9.87. The van der Waals surface area contributed by atoms with Gasteiger partial charge < -0.3 is 14.8 Å². The Hall–Kier alpha value is -1.26. The third-order valence-corrected chi connectivity index (χ3v) is 3.69. The summed E-state index contributed by atoms with van der Waals surface area (Å²) in [7, 11) is 0. The van der Waals surface area contributed by atoms with Crippen LogP contribution in [0.1, 0.15) is 34.8 Å². The van der Waals surface area contributed by atoms with Crippen molar-refractivity contribution in [3.63, 3.8) is 0 Å². The minimum absolute atomic E-state index is 0.235. The molecule has 96 valence electrons. The number of hydrogen-bond donors (Lipinski definition) is 1. The van der Waals surface area contributed by atoms with E-state index in [0.717, 1.165) is 31.2 Å². The molecule has 2 aliphatic heterocycles. The van der Waals surface area contributed by atoms with Gasteiger partial charge in [-0.3, -0.25) is 4.79 Å². The number of benzene rings is 1. The molecule has 1 aromatic carbocycles. The molecule has 1 aromatic rings. The van der Waals surface area contributed by atoms with Crippen LogP contribution < -0.4 is 14.8 Å². The molecule has 0 spiro atoms. The van der Waals surface area contributed by atoms with E-state index in [0.29, 0.717) is 35.3 Å². The summed E-state index contributed by atoms with van der Waals surface area (Å²) in [6.45, 7) is 1.95. The van der Waals surface area contributed by atoms with Crippen molar-refractivity contribution in [2.75, 3.05) is 19.8 Å². The van der Waals surface area contributed by atoms with Crippen LogP contribution >= 0.6 is 11.6 Å². The molecule has 2 aliphatic rings. The lowest BCUT2D eigenvalue weighted by atomic mass is 10.0. The minimum atomic E-state index is 0.235. The van der Waals surface area contributed by atoms with Crippen LogP contribution in [-0.2, 0) is 0 Å². The number of carbonyl (C=O) groups is 1. The number of ether oxygens (including phenoxy) is 2. The molecule has 0 saturated carbocycles. The molecule has 3 rings (SSSR count). The minimum Gasteiger partial charge on any atom is -0.486 e. The van der Waals surface area contributed by atoms with Gasteiger partial charge in [-0.2, -0.15) is 0 Å². The van der Waals surface area contributed by atoms with E-state index in [-0.39, 0.29) is 6.04 Å². The fourth-order valence-electron chi connectivity index (χ4n) is 2.54. The van der Waals surface area contributed by atoms with Gasteiger partial charge in [-0.15, -0.1) is 0 Å². The second-order valence-electron chi connectivity index (χ2n) is 4.48. The lowest BCUT2D eigenvalue weighted by molar-refractivity contribution is 0.111. The molecule has 1 fully saturated rings. The Bertz CT molecular complexity index is 484. The summed E-state index contributed by atoms with van der Waals surface area (Å²) in [5, 5.41) is 3.83. The largest absolute Gasteiger partial charge is 0.486 e. The number of hydrogen-bond acceptors (Lipinski definition) is 4. The molecule has 2 heterocycles. The maximum absolute atomic E-state index is 11.1. The summed E-state index contributed by atoms with van der Waals surface area (Å²) in [5.74, 6) is 1.17. The predicted molar refractivity (Wildman–Crippen MR) is 67.8 cm³/mol. The first-order valence-corrected chi connectivity index (χ1v) is 6.49. The third kappa shape index (κ3) is 1.85. The van der Waals surface area contributed by atoms with Crippen LogP contribution in [0.5, 0.6) is 11.5 Å². The maximum atomic E-state index is 11.1. The number of nitrogens with one attached hydrogen (secondary N) is 1. The highest BCUT2D eigenvalue weighted by Gasteiger charge is 2.28. The topological polar surface area (TPSA) is 47.6 Å². The van der Waals surface area contributed by atoms with E-state index in [1.807, 2.05) is 6.07 Å². The van der Waals surface area contributed by atoms with E-state index < -0.39 is 0 Å². The number of fused-ring (bicyclic) bond motifs is 1. The smallest absolute Gasteiger partial charge is 0.173 e. The second kappa shape index (κ2) is 4.78. The fraction of sp³-hybridized carbons (Fsp3) is 0.462. The summed E-state index contributed by atoms with van der Waals surface area (Å²) in [6.07, 6.45) is 2.90. The van der Waals surface area contributed by atoms with Gasteiger partial charge >= 0.3 is 0 Å². The van der Waals surface area contributed by atoms with Crippen molar-refractivity contribution in [3.8, 4) is 11.5 Å². The molecule has 0 aromatic heterocycles. The van der Waals surface area contributed by atoms with E-state index >= 15 is 0 Å². The van der Waals surface area contributed by atoms with Crippen molar-refractivity contribution >= 4 is 17.9 Å². The van der Waals surface area contributed by atoms with Crippen LogP contribution in [0.15, 0.2) is 6.07 Å². The summed E-state index contributed by atoms with van der Waals surface area (Å²) in [4.78, 5) is 11.1. The van der Waals surface area contributed by atoms with E-state index in [9.17, 15) is 4.79 Å². The molecule has 1 atom stereocenters. The third-order valence-electron chi connectivity index (χ3n) is 3.38. The first-order chi connectivity index (χ1) is 8.81. The van der Waals surface area contributed by atoms with Gasteiger partial charge in [0, 0.05) is 11.6 Å². The number of carbonyl (C=O) groups excluding carboxylic acids is 1. The summed E-state index contributed by atoms with van der Waals surface area (Å²) < 4.78 is 11.2. The SMILES string of the molecule is O=Cc1c(Cl)cc(C2CCCN2)c2c1OCCO2. The average Bonchev–Trinajstić information content (AvgIpc) is 2.91.